The van der Waals surface area contributed by atoms with Crippen molar-refractivity contribution in [3.05, 3.63) is 59.2 Å². The monoisotopic (exact) mass is 460 g/mol. The second-order valence-corrected chi connectivity index (χ2v) is 7.88. The van der Waals surface area contributed by atoms with E-state index in [-0.39, 0.29) is 17.2 Å². The normalized spacial score (nSPS) is 15.4. The Labute approximate surface area is 179 Å². The van der Waals surface area contributed by atoms with Gasteiger partial charge in [0.25, 0.3) is 0 Å². The molecule has 1 aliphatic rings. The second kappa shape index (κ2) is 8.89. The van der Waals surface area contributed by atoms with Crippen LogP contribution in [0.3, 0.4) is 0 Å². The largest absolute Gasteiger partial charge is 0.417 e. The Hall–Kier alpha value is -2.56. The molecule has 0 aliphatic carbocycles. The molecule has 0 aromatic carbocycles. The summed E-state index contributed by atoms with van der Waals surface area (Å²) in [5.74, 6) is 0.776. The molecule has 166 valence electrons. The van der Waals surface area contributed by atoms with E-state index < -0.39 is 23.5 Å². The van der Waals surface area contributed by atoms with Gasteiger partial charge in [-0.15, -0.1) is 11.8 Å². The fourth-order valence-electron chi connectivity index (χ4n) is 3.02. The number of alkyl halides is 6. The number of amidine groups is 1. The van der Waals surface area contributed by atoms with Crippen molar-refractivity contribution in [1.29, 1.82) is 0 Å². The van der Waals surface area contributed by atoms with Gasteiger partial charge in [0.1, 0.15) is 5.69 Å². The van der Waals surface area contributed by atoms with Crippen molar-refractivity contribution in [1.82, 2.24) is 14.9 Å². The van der Waals surface area contributed by atoms with E-state index in [0.717, 1.165) is 30.6 Å². The molecule has 1 aliphatic heterocycles. The number of aromatic nitrogens is 2. The Bertz CT molecular complexity index is 1010. The van der Waals surface area contributed by atoms with E-state index in [1.54, 1.807) is 20.0 Å². The molecule has 0 spiro atoms. The number of rotatable bonds is 4. The van der Waals surface area contributed by atoms with E-state index in [1.165, 1.54) is 16.7 Å². The molecule has 2 aromatic heterocycles. The van der Waals surface area contributed by atoms with Gasteiger partial charge in [-0.2, -0.15) is 26.3 Å². The van der Waals surface area contributed by atoms with Crippen molar-refractivity contribution in [2.24, 2.45) is 4.99 Å². The summed E-state index contributed by atoms with van der Waals surface area (Å²) in [6.07, 6.45) is -5.13. The fourth-order valence-corrected chi connectivity index (χ4v) is 3.82. The molecule has 31 heavy (non-hydrogen) atoms. The average Bonchev–Trinajstić information content (AvgIpc) is 2.88. The van der Waals surface area contributed by atoms with Crippen LogP contribution < -0.4 is 0 Å². The number of hydrogen-bond acceptors (Lipinski definition) is 5. The van der Waals surface area contributed by atoms with Crippen LogP contribution in [0.4, 0.5) is 26.3 Å². The molecule has 3 rings (SSSR count). The molecule has 2 aromatic rings. The van der Waals surface area contributed by atoms with Crippen molar-refractivity contribution in [2.75, 3.05) is 19.3 Å². The molecule has 0 bridgehead atoms. The number of aliphatic imine (C=N–C) groups is 1. The molecule has 3 heterocycles. The lowest BCUT2D eigenvalue weighted by molar-refractivity contribution is -0.138. The van der Waals surface area contributed by atoms with Crippen LogP contribution in [0, 0.1) is 0 Å². The minimum Gasteiger partial charge on any atom is -0.326 e. The third kappa shape index (κ3) is 5.20. The Morgan fingerprint density at radius 2 is 1.74 bits per heavy atom. The van der Waals surface area contributed by atoms with Crippen LogP contribution in [0.2, 0.25) is 0 Å². The number of halogens is 6. The van der Waals surface area contributed by atoms with Gasteiger partial charge in [0, 0.05) is 30.9 Å². The minimum atomic E-state index is -4.54. The lowest BCUT2D eigenvalue weighted by atomic mass is 10.1. The van der Waals surface area contributed by atoms with Crippen LogP contribution in [0.5, 0.6) is 0 Å². The van der Waals surface area contributed by atoms with Crippen LogP contribution in [-0.2, 0) is 12.4 Å². The van der Waals surface area contributed by atoms with Crippen molar-refractivity contribution >= 4 is 23.3 Å². The Balaban J connectivity index is 2.04. The first-order valence-corrected chi connectivity index (χ1v) is 10.2. The van der Waals surface area contributed by atoms with E-state index in [1.807, 2.05) is 0 Å². The van der Waals surface area contributed by atoms with Gasteiger partial charge in [-0.3, -0.25) is 15.0 Å². The molecule has 0 atom stereocenters. The molecule has 0 N–H and O–H groups in total. The fraction of sp³-hybridized carbons (Fsp3) is 0.350. The van der Waals surface area contributed by atoms with Gasteiger partial charge in [-0.1, -0.05) is 13.0 Å². The summed E-state index contributed by atoms with van der Waals surface area (Å²) in [6, 6.07) is 2.83. The summed E-state index contributed by atoms with van der Waals surface area (Å²) < 4.78 is 78.8. The Morgan fingerprint density at radius 1 is 1.03 bits per heavy atom. The molecular weight excluding hydrogens is 442 g/mol. The van der Waals surface area contributed by atoms with Crippen molar-refractivity contribution in [3.63, 3.8) is 0 Å². The van der Waals surface area contributed by atoms with Gasteiger partial charge < -0.3 is 4.90 Å². The standard InChI is InChI=1S/C20H18F6N4S/c1-3-31-16-10-13(20(24,25)26)11-29-17(16)18-28-7-4-5-15(30(18)2)14-9-12(6-8-27-14)19(21,22)23/h5-6,8-11H,3-4,7H2,1-2H3. The SMILES string of the molecule is CCSc1cc(C(F)(F)F)cnc1C1=NCCC=C(c2cc(C(F)(F)F)ccn2)N1C. The van der Waals surface area contributed by atoms with E-state index in [4.69, 9.17) is 0 Å². The zero-order chi connectivity index (χ0) is 22.8. The summed E-state index contributed by atoms with van der Waals surface area (Å²) in [4.78, 5) is 14.3. The van der Waals surface area contributed by atoms with E-state index >= 15 is 0 Å². The van der Waals surface area contributed by atoms with Crippen LogP contribution in [0.15, 0.2) is 46.6 Å². The number of thioether (sulfide) groups is 1. The van der Waals surface area contributed by atoms with Crippen LogP contribution in [0.25, 0.3) is 5.70 Å². The van der Waals surface area contributed by atoms with Gasteiger partial charge >= 0.3 is 12.4 Å². The second-order valence-electron chi connectivity index (χ2n) is 6.57. The molecule has 4 nitrogen and oxygen atoms in total. The lowest BCUT2D eigenvalue weighted by Gasteiger charge is -2.24. The average molecular weight is 460 g/mol. The Morgan fingerprint density at radius 3 is 2.39 bits per heavy atom. The molecule has 0 saturated carbocycles. The highest BCUT2D eigenvalue weighted by Gasteiger charge is 2.34. The summed E-state index contributed by atoms with van der Waals surface area (Å²) in [6.45, 7) is 2.10. The molecule has 11 heteroatoms. The maximum Gasteiger partial charge on any atom is 0.417 e. The molecule has 0 unspecified atom stereocenters. The minimum absolute atomic E-state index is 0.0866. The van der Waals surface area contributed by atoms with Gasteiger partial charge in [-0.05, 0) is 30.4 Å². The molecule has 0 radical (unpaired) electrons. The highest BCUT2D eigenvalue weighted by molar-refractivity contribution is 7.99. The number of nitrogens with zero attached hydrogens (tertiary/aromatic N) is 4. The predicted molar refractivity (Wildman–Crippen MR) is 107 cm³/mol. The van der Waals surface area contributed by atoms with E-state index in [0.29, 0.717) is 29.3 Å². The molecular formula is C20H18F6N4S. The number of pyridine rings is 2. The van der Waals surface area contributed by atoms with Crippen molar-refractivity contribution < 1.29 is 26.3 Å². The maximum atomic E-state index is 13.1. The lowest BCUT2D eigenvalue weighted by Crippen LogP contribution is -2.28. The first-order chi connectivity index (χ1) is 14.5. The van der Waals surface area contributed by atoms with Crippen LogP contribution in [-0.4, -0.2) is 40.0 Å². The summed E-state index contributed by atoms with van der Waals surface area (Å²) in [7, 11) is 1.58. The zero-order valence-electron chi connectivity index (χ0n) is 16.6. The topological polar surface area (TPSA) is 41.4 Å². The van der Waals surface area contributed by atoms with Crippen molar-refractivity contribution in [2.45, 2.75) is 30.6 Å². The van der Waals surface area contributed by atoms with Gasteiger partial charge in [-0.25, -0.2) is 0 Å². The third-order valence-corrected chi connectivity index (χ3v) is 5.36. The summed E-state index contributed by atoms with van der Waals surface area (Å²) in [5, 5.41) is 0. The summed E-state index contributed by atoms with van der Waals surface area (Å²) in [5.41, 5.74) is -1.02. The first-order valence-electron chi connectivity index (χ1n) is 9.24. The smallest absolute Gasteiger partial charge is 0.326 e. The third-order valence-electron chi connectivity index (χ3n) is 4.45. The van der Waals surface area contributed by atoms with Crippen LogP contribution in [0.1, 0.15) is 35.9 Å². The zero-order valence-corrected chi connectivity index (χ0v) is 17.4. The Kier molecular flexibility index (Phi) is 6.63. The predicted octanol–water partition coefficient (Wildman–Crippen LogP) is 5.75. The molecule has 0 amide bonds. The van der Waals surface area contributed by atoms with Crippen LogP contribution >= 0.6 is 11.8 Å². The highest BCUT2D eigenvalue weighted by atomic mass is 32.2. The molecule has 0 saturated heterocycles. The number of hydrogen-bond donors (Lipinski definition) is 0. The van der Waals surface area contributed by atoms with Gasteiger partial charge in [0.05, 0.1) is 22.5 Å². The van der Waals surface area contributed by atoms with Crippen molar-refractivity contribution in [3.8, 4) is 0 Å². The van der Waals surface area contributed by atoms with E-state index in [9.17, 15) is 26.3 Å². The maximum absolute atomic E-state index is 13.1. The van der Waals surface area contributed by atoms with Gasteiger partial charge in [0.2, 0.25) is 0 Å². The quantitative estimate of drug-likeness (QED) is 0.431. The van der Waals surface area contributed by atoms with E-state index in [2.05, 4.69) is 15.0 Å². The van der Waals surface area contributed by atoms with Gasteiger partial charge in [0.15, 0.2) is 5.84 Å². The summed E-state index contributed by atoms with van der Waals surface area (Å²) >= 11 is 1.18. The highest BCUT2D eigenvalue weighted by Crippen LogP contribution is 2.35. The first kappa shape index (κ1) is 23.1. The molecule has 0 fully saturated rings.